The molecule has 0 unspecified atom stereocenters. The first-order valence-electron chi connectivity index (χ1n) is 10.3. The van der Waals surface area contributed by atoms with Gasteiger partial charge in [0.15, 0.2) is 18.1 Å². The summed E-state index contributed by atoms with van der Waals surface area (Å²) >= 11 is 7.99. The fourth-order valence-corrected chi connectivity index (χ4v) is 4.07. The Hall–Kier alpha value is -3.55. The van der Waals surface area contributed by atoms with E-state index in [-0.39, 0.29) is 18.1 Å². The highest BCUT2D eigenvalue weighted by atomic mass is 127. The Balaban J connectivity index is 1.74. The van der Waals surface area contributed by atoms with Crippen molar-refractivity contribution in [3.63, 3.8) is 0 Å². The van der Waals surface area contributed by atoms with Crippen molar-refractivity contribution in [3.8, 4) is 17.6 Å². The lowest BCUT2D eigenvalue weighted by atomic mass is 10.1. The van der Waals surface area contributed by atoms with Gasteiger partial charge in [-0.3, -0.25) is 9.59 Å². The van der Waals surface area contributed by atoms with Gasteiger partial charge in [-0.1, -0.05) is 29.8 Å². The van der Waals surface area contributed by atoms with Crippen LogP contribution in [0.3, 0.4) is 0 Å². The molecule has 178 valence electrons. The lowest BCUT2D eigenvalue weighted by Gasteiger charge is -2.14. The van der Waals surface area contributed by atoms with Gasteiger partial charge in [0.2, 0.25) is 0 Å². The maximum atomic E-state index is 12.6. The first-order chi connectivity index (χ1) is 16.8. The predicted octanol–water partition coefficient (Wildman–Crippen LogP) is 5.82. The largest absolute Gasteiger partial charge is 0.493 e. The molecule has 0 aliphatic heterocycles. The molecule has 3 aromatic carbocycles. The van der Waals surface area contributed by atoms with Crippen LogP contribution in [0.1, 0.15) is 11.1 Å². The summed E-state index contributed by atoms with van der Waals surface area (Å²) in [7, 11) is 1.47. The monoisotopic (exact) mass is 601 g/mol. The van der Waals surface area contributed by atoms with Gasteiger partial charge in [0.25, 0.3) is 11.8 Å². The van der Waals surface area contributed by atoms with E-state index < -0.39 is 5.91 Å². The van der Waals surface area contributed by atoms with Gasteiger partial charge < -0.3 is 20.1 Å². The van der Waals surface area contributed by atoms with E-state index >= 15 is 0 Å². The van der Waals surface area contributed by atoms with E-state index in [9.17, 15) is 14.9 Å². The van der Waals surface area contributed by atoms with E-state index in [0.717, 1.165) is 5.56 Å². The summed E-state index contributed by atoms with van der Waals surface area (Å²) < 4.78 is 11.8. The number of hydrogen-bond acceptors (Lipinski definition) is 5. The van der Waals surface area contributed by atoms with Crippen molar-refractivity contribution >= 4 is 63.5 Å². The van der Waals surface area contributed by atoms with E-state index in [1.807, 2.05) is 53.8 Å². The average molecular weight is 602 g/mol. The zero-order valence-corrected chi connectivity index (χ0v) is 21.8. The number of amides is 2. The number of nitrogens with one attached hydrogen (secondary N) is 2. The second kappa shape index (κ2) is 12.2. The number of halogens is 2. The molecule has 2 N–H and O–H groups in total. The fraction of sp³-hybridized carbons (Fsp3) is 0.115. The average Bonchev–Trinajstić information content (AvgIpc) is 2.81. The van der Waals surface area contributed by atoms with Gasteiger partial charge in [-0.15, -0.1) is 0 Å². The summed E-state index contributed by atoms with van der Waals surface area (Å²) in [6, 6.07) is 19.3. The molecule has 0 spiro atoms. The summed E-state index contributed by atoms with van der Waals surface area (Å²) in [5, 5.41) is 15.4. The van der Waals surface area contributed by atoms with E-state index in [0.29, 0.717) is 37.0 Å². The van der Waals surface area contributed by atoms with E-state index in [4.69, 9.17) is 21.1 Å². The number of carbonyl (C=O) groups excluding carboxylic acids is 2. The van der Waals surface area contributed by atoms with Crippen LogP contribution in [-0.2, 0) is 9.59 Å². The number of anilines is 2. The highest BCUT2D eigenvalue weighted by molar-refractivity contribution is 14.1. The SMILES string of the molecule is COc1cc(/C=C(\C#N)C(=O)Nc2cccc(Cl)c2)cc(I)c1OCC(=O)Nc1cccc(C)c1. The highest BCUT2D eigenvalue weighted by Gasteiger charge is 2.15. The number of aryl methyl sites for hydroxylation is 1. The molecule has 0 fully saturated rings. The van der Waals surface area contributed by atoms with Crippen LogP contribution >= 0.6 is 34.2 Å². The number of nitriles is 1. The molecule has 0 aromatic heterocycles. The Bertz CT molecular complexity index is 1330. The van der Waals surface area contributed by atoms with Gasteiger partial charge in [-0.2, -0.15) is 5.26 Å². The predicted molar refractivity (Wildman–Crippen MR) is 145 cm³/mol. The Morgan fingerprint density at radius 3 is 2.46 bits per heavy atom. The number of nitrogens with zero attached hydrogens (tertiary/aromatic N) is 1. The first-order valence-corrected chi connectivity index (χ1v) is 11.8. The highest BCUT2D eigenvalue weighted by Crippen LogP contribution is 2.34. The maximum Gasteiger partial charge on any atom is 0.266 e. The molecule has 0 heterocycles. The Kier molecular flexibility index (Phi) is 9.11. The topological polar surface area (TPSA) is 100 Å². The van der Waals surface area contributed by atoms with Crippen LogP contribution in [0.25, 0.3) is 6.08 Å². The summed E-state index contributed by atoms with van der Waals surface area (Å²) in [6.45, 7) is 1.72. The molecule has 35 heavy (non-hydrogen) atoms. The van der Waals surface area contributed by atoms with Gasteiger partial charge >= 0.3 is 0 Å². The number of rotatable bonds is 8. The van der Waals surface area contributed by atoms with Crippen molar-refractivity contribution in [1.82, 2.24) is 0 Å². The molecule has 9 heteroatoms. The number of methoxy groups -OCH3 is 1. The van der Waals surface area contributed by atoms with Gasteiger partial charge in [-0.25, -0.2) is 0 Å². The zero-order valence-electron chi connectivity index (χ0n) is 18.9. The normalized spacial score (nSPS) is 10.8. The number of hydrogen-bond donors (Lipinski definition) is 2. The van der Waals surface area contributed by atoms with Crippen LogP contribution in [-0.4, -0.2) is 25.5 Å². The Morgan fingerprint density at radius 2 is 1.80 bits per heavy atom. The molecule has 7 nitrogen and oxygen atoms in total. The van der Waals surface area contributed by atoms with Crippen molar-refractivity contribution in [3.05, 3.63) is 86.0 Å². The molecule has 0 radical (unpaired) electrons. The minimum absolute atomic E-state index is 0.103. The standard InChI is InChI=1S/C26H21ClIN3O4/c1-16-5-3-7-20(9-16)30-24(32)15-35-25-22(28)11-17(12-23(25)34-2)10-18(14-29)26(33)31-21-8-4-6-19(27)13-21/h3-13H,15H2,1-2H3,(H,30,32)(H,31,33)/b18-10+. The number of ether oxygens (including phenoxy) is 2. The van der Waals surface area contributed by atoms with Crippen LogP contribution in [0.2, 0.25) is 5.02 Å². The molecule has 0 saturated carbocycles. The second-order valence-corrected chi connectivity index (χ2v) is 8.97. The molecule has 3 aromatic rings. The lowest BCUT2D eigenvalue weighted by Crippen LogP contribution is -2.20. The second-order valence-electron chi connectivity index (χ2n) is 7.37. The Labute approximate surface area is 221 Å². The van der Waals surface area contributed by atoms with Crippen LogP contribution in [0.4, 0.5) is 11.4 Å². The number of benzene rings is 3. The zero-order chi connectivity index (χ0) is 25.4. The maximum absolute atomic E-state index is 12.6. The van der Waals surface area contributed by atoms with Crippen LogP contribution in [0.5, 0.6) is 11.5 Å². The smallest absolute Gasteiger partial charge is 0.266 e. The van der Waals surface area contributed by atoms with Crippen molar-refractivity contribution < 1.29 is 19.1 Å². The minimum atomic E-state index is -0.572. The van der Waals surface area contributed by atoms with Crippen LogP contribution < -0.4 is 20.1 Å². The van der Waals surface area contributed by atoms with E-state index in [1.54, 1.807) is 42.5 Å². The van der Waals surface area contributed by atoms with Crippen molar-refractivity contribution in [2.45, 2.75) is 6.92 Å². The summed E-state index contributed by atoms with van der Waals surface area (Å²) in [6.07, 6.45) is 1.44. The molecule has 0 aliphatic rings. The Morgan fingerprint density at radius 1 is 1.09 bits per heavy atom. The first kappa shape index (κ1) is 26.1. The third kappa shape index (κ3) is 7.47. The van der Waals surface area contributed by atoms with E-state index in [2.05, 4.69) is 10.6 Å². The summed E-state index contributed by atoms with van der Waals surface area (Å²) in [4.78, 5) is 24.9. The lowest BCUT2D eigenvalue weighted by molar-refractivity contribution is -0.118. The quantitative estimate of drug-likeness (QED) is 0.192. The third-order valence-electron chi connectivity index (χ3n) is 4.66. The van der Waals surface area contributed by atoms with Crippen LogP contribution in [0, 0.1) is 21.8 Å². The van der Waals surface area contributed by atoms with Crippen LogP contribution in [0.15, 0.2) is 66.2 Å². The molecule has 0 aliphatic carbocycles. The molecule has 2 amide bonds. The van der Waals surface area contributed by atoms with Gasteiger partial charge in [0.05, 0.1) is 10.7 Å². The summed E-state index contributed by atoms with van der Waals surface area (Å²) in [5.41, 5.74) is 2.64. The van der Waals surface area contributed by atoms with Gasteiger partial charge in [-0.05, 0) is 89.2 Å². The third-order valence-corrected chi connectivity index (χ3v) is 5.70. The van der Waals surface area contributed by atoms with Crippen molar-refractivity contribution in [2.24, 2.45) is 0 Å². The molecule has 0 bridgehead atoms. The fourth-order valence-electron chi connectivity index (χ4n) is 3.10. The van der Waals surface area contributed by atoms with E-state index in [1.165, 1.54) is 13.2 Å². The molecular formula is C26H21ClIN3O4. The number of carbonyl (C=O) groups is 2. The minimum Gasteiger partial charge on any atom is -0.493 e. The van der Waals surface area contributed by atoms with Crippen molar-refractivity contribution in [2.75, 3.05) is 24.4 Å². The van der Waals surface area contributed by atoms with Crippen molar-refractivity contribution in [1.29, 1.82) is 5.26 Å². The van der Waals surface area contributed by atoms with Gasteiger partial charge in [0, 0.05) is 16.4 Å². The molecule has 0 saturated heterocycles. The molecular weight excluding hydrogens is 581 g/mol. The molecule has 3 rings (SSSR count). The molecule has 0 atom stereocenters. The summed E-state index contributed by atoms with van der Waals surface area (Å²) in [5.74, 6) is -0.149. The van der Waals surface area contributed by atoms with Gasteiger partial charge in [0.1, 0.15) is 11.6 Å².